The van der Waals surface area contributed by atoms with E-state index in [0.29, 0.717) is 18.0 Å². The minimum atomic E-state index is -0.876. The van der Waals surface area contributed by atoms with Gasteiger partial charge in [-0.15, -0.1) is 0 Å². The molecule has 0 aliphatic heterocycles. The van der Waals surface area contributed by atoms with Gasteiger partial charge in [0.05, 0.1) is 5.52 Å². The summed E-state index contributed by atoms with van der Waals surface area (Å²) in [4.78, 5) is 15.9. The van der Waals surface area contributed by atoms with Gasteiger partial charge in [-0.25, -0.2) is 0 Å². The number of halogens is 1. The third kappa shape index (κ3) is 4.10. The van der Waals surface area contributed by atoms with Gasteiger partial charge in [-0.1, -0.05) is 41.9 Å². The molecular weight excluding hydrogens is 324 g/mol. The lowest BCUT2D eigenvalue weighted by molar-refractivity contribution is -0.139. The molecule has 24 heavy (non-hydrogen) atoms. The van der Waals surface area contributed by atoms with E-state index >= 15 is 0 Å². The van der Waals surface area contributed by atoms with Gasteiger partial charge in [0.25, 0.3) is 0 Å². The molecule has 2 N–H and O–H groups in total. The molecule has 0 bridgehead atoms. The summed E-state index contributed by atoms with van der Waals surface area (Å²) in [5, 5.41) is 14.2. The number of para-hydroxylation sites is 1. The lowest BCUT2D eigenvalue weighted by atomic mass is 10.1. The number of hydrogen-bond donors (Lipinski definition) is 2. The molecule has 3 aromatic rings. The Morgan fingerprint density at radius 1 is 1.12 bits per heavy atom. The Morgan fingerprint density at radius 2 is 1.88 bits per heavy atom. The van der Waals surface area contributed by atoms with Crippen molar-refractivity contribution in [2.45, 2.75) is 19.0 Å². The molecule has 1 heterocycles. The third-order valence-electron chi connectivity index (χ3n) is 3.85. The van der Waals surface area contributed by atoms with Crippen LogP contribution >= 0.6 is 11.6 Å². The molecular formula is C19H17ClN2O2. The number of benzene rings is 2. The number of nitrogens with zero attached hydrogens (tertiary/aromatic N) is 1. The molecule has 3 rings (SSSR count). The van der Waals surface area contributed by atoms with Crippen LogP contribution in [0.25, 0.3) is 10.9 Å². The zero-order valence-electron chi connectivity index (χ0n) is 12.9. The maximum atomic E-state index is 11.5. The van der Waals surface area contributed by atoms with Crippen LogP contribution in [0.1, 0.15) is 11.1 Å². The van der Waals surface area contributed by atoms with Gasteiger partial charge < -0.3 is 5.11 Å². The first-order chi connectivity index (χ1) is 11.6. The highest BCUT2D eigenvalue weighted by Gasteiger charge is 2.17. The van der Waals surface area contributed by atoms with E-state index in [4.69, 9.17) is 11.6 Å². The first-order valence-electron chi connectivity index (χ1n) is 7.66. The van der Waals surface area contributed by atoms with E-state index in [9.17, 15) is 9.90 Å². The molecule has 0 spiro atoms. The molecule has 0 radical (unpaired) electrons. The maximum absolute atomic E-state index is 11.5. The number of carboxylic acid groups (broad SMARTS) is 1. The van der Waals surface area contributed by atoms with E-state index in [0.717, 1.165) is 22.0 Å². The predicted octanol–water partition coefficient (Wildman–Crippen LogP) is 3.67. The molecule has 0 fully saturated rings. The van der Waals surface area contributed by atoms with Gasteiger partial charge in [-0.2, -0.15) is 0 Å². The first-order valence-corrected chi connectivity index (χ1v) is 8.04. The van der Waals surface area contributed by atoms with Gasteiger partial charge >= 0.3 is 5.97 Å². The normalized spacial score (nSPS) is 12.2. The summed E-state index contributed by atoms with van der Waals surface area (Å²) in [7, 11) is 0. The van der Waals surface area contributed by atoms with E-state index < -0.39 is 12.0 Å². The van der Waals surface area contributed by atoms with Crippen molar-refractivity contribution in [2.24, 2.45) is 0 Å². The Bertz CT molecular complexity index is 849. The third-order valence-corrected chi connectivity index (χ3v) is 4.10. The van der Waals surface area contributed by atoms with Crippen LogP contribution in [0, 0.1) is 0 Å². The Labute approximate surface area is 145 Å². The van der Waals surface area contributed by atoms with Crippen LogP contribution in [0.15, 0.2) is 60.8 Å². The number of aromatic nitrogens is 1. The highest BCUT2D eigenvalue weighted by atomic mass is 35.5. The van der Waals surface area contributed by atoms with Crippen molar-refractivity contribution >= 4 is 28.5 Å². The van der Waals surface area contributed by atoms with E-state index in [1.165, 1.54) is 0 Å². The quantitative estimate of drug-likeness (QED) is 0.718. The van der Waals surface area contributed by atoms with Crippen LogP contribution in [0.3, 0.4) is 0 Å². The Balaban J connectivity index is 1.68. The molecule has 0 unspecified atom stereocenters. The van der Waals surface area contributed by atoms with Crippen molar-refractivity contribution in [1.82, 2.24) is 10.3 Å². The summed E-state index contributed by atoms with van der Waals surface area (Å²) in [6.07, 6.45) is 2.17. The molecule has 0 saturated heterocycles. The van der Waals surface area contributed by atoms with Crippen molar-refractivity contribution in [2.75, 3.05) is 0 Å². The number of carbonyl (C=O) groups is 1. The fraction of sp³-hybridized carbons (Fsp3) is 0.158. The van der Waals surface area contributed by atoms with Crippen LogP contribution in [-0.4, -0.2) is 22.1 Å². The van der Waals surface area contributed by atoms with Crippen LogP contribution in [-0.2, 0) is 17.8 Å². The average molecular weight is 341 g/mol. The summed E-state index contributed by atoms with van der Waals surface area (Å²) >= 11 is 5.86. The Kier molecular flexibility index (Phi) is 5.08. The second-order valence-electron chi connectivity index (χ2n) is 5.64. The van der Waals surface area contributed by atoms with E-state index in [1.807, 2.05) is 42.5 Å². The van der Waals surface area contributed by atoms with Gasteiger partial charge in [0.15, 0.2) is 0 Å². The zero-order valence-corrected chi connectivity index (χ0v) is 13.7. The average Bonchev–Trinajstić information content (AvgIpc) is 2.60. The number of nitrogens with one attached hydrogen (secondary N) is 1. The van der Waals surface area contributed by atoms with E-state index in [2.05, 4.69) is 10.3 Å². The highest BCUT2D eigenvalue weighted by molar-refractivity contribution is 6.30. The van der Waals surface area contributed by atoms with Crippen LogP contribution in [0.4, 0.5) is 0 Å². The van der Waals surface area contributed by atoms with Gasteiger partial charge in [0.2, 0.25) is 0 Å². The van der Waals surface area contributed by atoms with Crippen molar-refractivity contribution in [3.8, 4) is 0 Å². The summed E-state index contributed by atoms with van der Waals surface area (Å²) in [5.41, 5.74) is 2.81. The molecule has 0 aliphatic carbocycles. The van der Waals surface area contributed by atoms with Gasteiger partial charge in [0.1, 0.15) is 6.04 Å². The largest absolute Gasteiger partial charge is 0.480 e. The first kappa shape index (κ1) is 16.4. The lowest BCUT2D eigenvalue weighted by Crippen LogP contribution is -2.38. The molecule has 1 aromatic heterocycles. The number of carboxylic acids is 1. The predicted molar refractivity (Wildman–Crippen MR) is 95.2 cm³/mol. The number of fused-ring (bicyclic) bond motifs is 1. The number of hydrogen-bond acceptors (Lipinski definition) is 3. The molecule has 2 aromatic carbocycles. The molecule has 0 aliphatic rings. The molecule has 5 heteroatoms. The van der Waals surface area contributed by atoms with Crippen LogP contribution in [0.2, 0.25) is 5.02 Å². The monoisotopic (exact) mass is 340 g/mol. The van der Waals surface area contributed by atoms with Crippen molar-refractivity contribution in [3.05, 3.63) is 76.9 Å². The maximum Gasteiger partial charge on any atom is 0.321 e. The fourth-order valence-electron chi connectivity index (χ4n) is 2.56. The number of rotatable bonds is 6. The van der Waals surface area contributed by atoms with E-state index in [-0.39, 0.29) is 0 Å². The molecule has 0 saturated carbocycles. The summed E-state index contributed by atoms with van der Waals surface area (Å²) in [6, 6.07) is 16.4. The van der Waals surface area contributed by atoms with Crippen LogP contribution in [0.5, 0.6) is 0 Å². The zero-order chi connectivity index (χ0) is 16.9. The van der Waals surface area contributed by atoms with Gasteiger partial charge in [0, 0.05) is 23.2 Å². The molecule has 1 atom stereocenters. The smallest absolute Gasteiger partial charge is 0.321 e. The molecule has 4 nitrogen and oxygen atoms in total. The lowest BCUT2D eigenvalue weighted by Gasteiger charge is -2.15. The minimum absolute atomic E-state index is 0.396. The SMILES string of the molecule is O=C(O)[C@H](Cc1ccc(Cl)cc1)NCc1cnc2ccccc2c1. The van der Waals surface area contributed by atoms with E-state index in [1.54, 1.807) is 18.3 Å². The second kappa shape index (κ2) is 7.43. The number of aliphatic carboxylic acids is 1. The second-order valence-corrected chi connectivity index (χ2v) is 6.08. The van der Waals surface area contributed by atoms with Crippen molar-refractivity contribution < 1.29 is 9.90 Å². The summed E-state index contributed by atoms with van der Waals surface area (Å²) < 4.78 is 0. The molecule has 0 amide bonds. The summed E-state index contributed by atoms with van der Waals surface area (Å²) in [5.74, 6) is -0.876. The van der Waals surface area contributed by atoms with Crippen molar-refractivity contribution in [1.29, 1.82) is 0 Å². The molecule has 122 valence electrons. The van der Waals surface area contributed by atoms with Crippen LogP contribution < -0.4 is 5.32 Å². The highest BCUT2D eigenvalue weighted by Crippen LogP contribution is 2.14. The van der Waals surface area contributed by atoms with Gasteiger partial charge in [-0.3, -0.25) is 15.1 Å². The Hall–Kier alpha value is -2.43. The van der Waals surface area contributed by atoms with Gasteiger partial charge in [-0.05, 0) is 41.8 Å². The van der Waals surface area contributed by atoms with Crippen molar-refractivity contribution in [3.63, 3.8) is 0 Å². The minimum Gasteiger partial charge on any atom is -0.480 e. The topological polar surface area (TPSA) is 62.2 Å². The fourth-order valence-corrected chi connectivity index (χ4v) is 2.68. The Morgan fingerprint density at radius 3 is 2.62 bits per heavy atom. The number of pyridine rings is 1. The summed E-state index contributed by atoms with van der Waals surface area (Å²) in [6.45, 7) is 0.447. The standard InChI is InChI=1S/C19H17ClN2O2/c20-16-7-5-13(6-8-16)10-18(19(23)24)22-12-14-9-15-3-1-2-4-17(15)21-11-14/h1-9,11,18,22H,10,12H2,(H,23,24)/t18-/m0/s1.